The van der Waals surface area contributed by atoms with Gasteiger partial charge in [0.05, 0.1) is 5.92 Å². The molecule has 5 heteroatoms. The molecule has 0 unspecified atom stereocenters. The van der Waals surface area contributed by atoms with Crippen molar-refractivity contribution < 1.29 is 14.7 Å². The third kappa shape index (κ3) is 8.04. The summed E-state index contributed by atoms with van der Waals surface area (Å²) in [5.41, 5.74) is 1.17. The van der Waals surface area contributed by atoms with Crippen molar-refractivity contribution >= 4 is 34.5 Å². The second-order valence-corrected chi connectivity index (χ2v) is 6.46. The normalized spacial score (nSPS) is 11.9. The maximum atomic E-state index is 11.7. The van der Waals surface area contributed by atoms with Gasteiger partial charge in [-0.15, -0.1) is 0 Å². The number of halogens is 1. The summed E-state index contributed by atoms with van der Waals surface area (Å²) < 4.78 is 1.19. The van der Waals surface area contributed by atoms with Crippen LogP contribution < -0.4 is 5.32 Å². The monoisotopic (exact) mass is 399 g/mol. The number of amides is 1. The molecule has 0 fully saturated rings. The van der Waals surface area contributed by atoms with Crippen LogP contribution in [0.15, 0.2) is 24.3 Å². The Hall–Kier alpha value is -1.11. The Labute approximate surface area is 139 Å². The highest BCUT2D eigenvalue weighted by Crippen LogP contribution is 2.09. The highest BCUT2D eigenvalue weighted by molar-refractivity contribution is 14.1. The molecule has 0 aliphatic heterocycles. The Balaban J connectivity index is 2.09. The summed E-state index contributed by atoms with van der Waals surface area (Å²) in [4.78, 5) is 22.3. The summed E-state index contributed by atoms with van der Waals surface area (Å²) in [6, 6.07) is 8.17. The molecule has 21 heavy (non-hydrogen) atoms. The Kier molecular flexibility index (Phi) is 8.34. The van der Waals surface area contributed by atoms with Gasteiger partial charge in [0, 0.05) is 16.5 Å². The van der Waals surface area contributed by atoms with Crippen LogP contribution >= 0.6 is 22.6 Å². The van der Waals surface area contributed by atoms with Crippen LogP contribution in [0.25, 0.3) is 0 Å². The van der Waals surface area contributed by atoms with Gasteiger partial charge in [0.15, 0.2) is 0 Å². The van der Waals surface area contributed by atoms with Gasteiger partial charge in [0.2, 0.25) is 5.91 Å². The van der Waals surface area contributed by atoms with E-state index in [1.807, 2.05) is 24.3 Å². The van der Waals surface area contributed by atoms with E-state index in [1.54, 1.807) is 6.92 Å². The molecule has 4 nitrogen and oxygen atoms in total. The number of carbonyl (C=O) groups excluding carboxylic acids is 1. The number of hydrogen-bond acceptors (Lipinski definition) is 2. The Morgan fingerprint density at radius 2 is 1.90 bits per heavy atom. The molecule has 0 bridgehead atoms. The van der Waals surface area contributed by atoms with Crippen molar-refractivity contribution in [3.05, 3.63) is 33.4 Å². The van der Waals surface area contributed by atoms with Crippen molar-refractivity contribution in [2.45, 2.75) is 39.0 Å². The van der Waals surface area contributed by atoms with Gasteiger partial charge in [-0.2, -0.15) is 0 Å². The van der Waals surface area contributed by atoms with Crippen molar-refractivity contribution in [1.29, 1.82) is 0 Å². The summed E-state index contributed by atoms with van der Waals surface area (Å²) in [7, 11) is 0. The molecule has 1 aromatic carbocycles. The number of carboxylic acids is 1. The van der Waals surface area contributed by atoms with Gasteiger partial charge in [0.25, 0.3) is 0 Å². The number of unbranched alkanes of at least 4 members (excludes halogenated alkanes) is 1. The minimum Gasteiger partial charge on any atom is -0.481 e. The molecule has 2 N–H and O–H groups in total. The molecule has 116 valence electrons. The van der Waals surface area contributed by atoms with Crippen LogP contribution in [0.4, 0.5) is 0 Å². The van der Waals surface area contributed by atoms with E-state index in [1.165, 1.54) is 9.13 Å². The Bertz CT molecular complexity index is 459. The van der Waals surface area contributed by atoms with E-state index in [2.05, 4.69) is 27.9 Å². The minimum atomic E-state index is -0.753. The van der Waals surface area contributed by atoms with Crippen LogP contribution in [-0.2, 0) is 16.0 Å². The van der Waals surface area contributed by atoms with Crippen LogP contribution in [0.1, 0.15) is 38.2 Å². The van der Waals surface area contributed by atoms with E-state index < -0.39 is 5.97 Å². The fourth-order valence-electron chi connectivity index (χ4n) is 1.92. The SMILES string of the molecule is C[C@@H](CCCCNC(=O)CCc1ccc([123I])cc1)C(=O)O. The first-order chi connectivity index (χ1) is 9.99. The van der Waals surface area contributed by atoms with Gasteiger partial charge in [-0.3, -0.25) is 9.59 Å². The van der Waals surface area contributed by atoms with Crippen molar-refractivity contribution in [1.82, 2.24) is 5.32 Å². The molecule has 0 saturated carbocycles. The number of benzene rings is 1. The zero-order valence-electron chi connectivity index (χ0n) is 12.3. The van der Waals surface area contributed by atoms with E-state index in [-0.39, 0.29) is 11.8 Å². The predicted octanol–water partition coefficient (Wildman–Crippen LogP) is 3.23. The third-order valence-corrected chi connectivity index (χ3v) is 4.08. The van der Waals surface area contributed by atoms with Crippen LogP contribution in [0, 0.1) is 9.49 Å². The number of carboxylic acid groups (broad SMARTS) is 1. The summed E-state index contributed by atoms with van der Waals surface area (Å²) >= 11 is 2.26. The summed E-state index contributed by atoms with van der Waals surface area (Å²) in [6.07, 6.45) is 3.55. The highest BCUT2D eigenvalue weighted by Gasteiger charge is 2.09. The lowest BCUT2D eigenvalue weighted by Crippen LogP contribution is -2.24. The molecule has 1 amide bonds. The summed E-state index contributed by atoms with van der Waals surface area (Å²) in [6.45, 7) is 2.33. The number of aliphatic carboxylic acids is 1. The fraction of sp³-hybridized carbons (Fsp3) is 0.500. The average Bonchev–Trinajstić information content (AvgIpc) is 2.46. The molecule has 0 heterocycles. The fourth-order valence-corrected chi connectivity index (χ4v) is 2.28. The van der Waals surface area contributed by atoms with Crippen molar-refractivity contribution in [3.8, 4) is 0 Å². The lowest BCUT2D eigenvalue weighted by atomic mass is 10.0. The van der Waals surface area contributed by atoms with Gasteiger partial charge in [-0.05, 0) is 59.5 Å². The second-order valence-electron chi connectivity index (χ2n) is 5.21. The Morgan fingerprint density at radius 3 is 2.52 bits per heavy atom. The van der Waals surface area contributed by atoms with Crippen molar-refractivity contribution in [2.24, 2.45) is 5.92 Å². The standard InChI is InChI=1S/C16H22INO3/c1-12(16(20)21)4-2-3-11-18-15(19)10-7-13-5-8-14(17)9-6-13/h5-6,8-9,12H,2-4,7,10-11H2,1H3,(H,18,19)(H,20,21)/t12-/m0/s1/i17-4. The quantitative estimate of drug-likeness (QED) is 0.495. The average molecular weight is 399 g/mol. The molecular formula is C16H22INO3. The maximum absolute atomic E-state index is 11.7. The van der Waals surface area contributed by atoms with E-state index in [0.717, 1.165) is 19.3 Å². The lowest BCUT2D eigenvalue weighted by Gasteiger charge is -2.07. The summed E-state index contributed by atoms with van der Waals surface area (Å²) in [5.74, 6) is -1.00. The van der Waals surface area contributed by atoms with Gasteiger partial charge in [-0.1, -0.05) is 25.5 Å². The first-order valence-corrected chi connectivity index (χ1v) is 8.31. The predicted molar refractivity (Wildman–Crippen MR) is 91.1 cm³/mol. The van der Waals surface area contributed by atoms with Crippen LogP contribution in [-0.4, -0.2) is 23.5 Å². The van der Waals surface area contributed by atoms with Gasteiger partial charge >= 0.3 is 5.97 Å². The summed E-state index contributed by atoms with van der Waals surface area (Å²) in [5, 5.41) is 11.6. The van der Waals surface area contributed by atoms with Crippen molar-refractivity contribution in [2.75, 3.05) is 6.54 Å². The second kappa shape index (κ2) is 9.76. The first kappa shape index (κ1) is 17.9. The first-order valence-electron chi connectivity index (χ1n) is 7.23. The van der Waals surface area contributed by atoms with E-state index in [0.29, 0.717) is 19.4 Å². The smallest absolute Gasteiger partial charge is 0.306 e. The molecule has 0 aliphatic carbocycles. The molecule has 1 aromatic rings. The molecule has 0 spiro atoms. The largest absolute Gasteiger partial charge is 0.481 e. The third-order valence-electron chi connectivity index (χ3n) is 3.36. The molecule has 1 atom stereocenters. The maximum Gasteiger partial charge on any atom is 0.306 e. The van der Waals surface area contributed by atoms with E-state index in [4.69, 9.17) is 5.11 Å². The lowest BCUT2D eigenvalue weighted by molar-refractivity contribution is -0.141. The van der Waals surface area contributed by atoms with E-state index >= 15 is 0 Å². The zero-order valence-corrected chi connectivity index (χ0v) is 14.4. The molecule has 0 aliphatic rings. The minimum absolute atomic E-state index is 0.0554. The van der Waals surface area contributed by atoms with Gasteiger partial charge < -0.3 is 10.4 Å². The van der Waals surface area contributed by atoms with Crippen LogP contribution in [0.2, 0.25) is 0 Å². The number of hydrogen-bond donors (Lipinski definition) is 2. The number of nitrogens with one attached hydrogen (secondary N) is 1. The zero-order chi connectivity index (χ0) is 15.7. The van der Waals surface area contributed by atoms with Crippen LogP contribution in [0.5, 0.6) is 0 Å². The van der Waals surface area contributed by atoms with Crippen molar-refractivity contribution in [3.63, 3.8) is 0 Å². The topological polar surface area (TPSA) is 66.4 Å². The Morgan fingerprint density at radius 1 is 1.24 bits per heavy atom. The van der Waals surface area contributed by atoms with E-state index in [9.17, 15) is 9.59 Å². The molecule has 0 radical (unpaired) electrons. The highest BCUT2D eigenvalue weighted by atomic mass is 123. The molecule has 0 saturated heterocycles. The number of rotatable bonds is 9. The van der Waals surface area contributed by atoms with Gasteiger partial charge in [0.1, 0.15) is 0 Å². The molecular weight excluding hydrogens is 377 g/mol. The molecule has 0 aromatic heterocycles. The number of carbonyl (C=O) groups is 2. The van der Waals surface area contributed by atoms with Crippen LogP contribution in [0.3, 0.4) is 0 Å². The van der Waals surface area contributed by atoms with Gasteiger partial charge in [-0.25, -0.2) is 0 Å². The number of aryl methyl sites for hydroxylation is 1. The molecule has 1 rings (SSSR count).